The Hall–Kier alpha value is -2.98. The van der Waals surface area contributed by atoms with E-state index in [1.165, 1.54) is 57.6 Å². The molecule has 150 valence electrons. The van der Waals surface area contributed by atoms with Crippen molar-refractivity contribution in [2.45, 2.75) is 4.90 Å². The zero-order chi connectivity index (χ0) is 20.9. The number of rotatable bonds is 7. The van der Waals surface area contributed by atoms with Crippen molar-refractivity contribution in [2.24, 2.45) is 0 Å². The number of esters is 1. The molecule has 0 aliphatic carbocycles. The van der Waals surface area contributed by atoms with Gasteiger partial charge in [0.2, 0.25) is 10.0 Å². The Labute approximate surface area is 161 Å². The second-order valence-electron chi connectivity index (χ2n) is 5.79. The van der Waals surface area contributed by atoms with Crippen LogP contribution in [0.2, 0.25) is 0 Å². The molecule has 2 aromatic rings. The van der Waals surface area contributed by atoms with Crippen molar-refractivity contribution in [3.8, 4) is 5.75 Å². The third-order valence-electron chi connectivity index (χ3n) is 3.63. The van der Waals surface area contributed by atoms with Crippen LogP contribution in [0.15, 0.2) is 47.4 Å². The maximum Gasteiger partial charge on any atom is 0.341 e. The lowest BCUT2D eigenvalue weighted by Crippen LogP contribution is -2.23. The first-order valence-electron chi connectivity index (χ1n) is 7.98. The molecule has 1 N–H and O–H groups in total. The summed E-state index contributed by atoms with van der Waals surface area (Å²) in [4.78, 5) is 23.9. The first-order valence-corrected chi connectivity index (χ1v) is 9.42. The molecule has 0 atom stereocenters. The lowest BCUT2D eigenvalue weighted by Gasteiger charge is -2.13. The van der Waals surface area contributed by atoms with E-state index in [1.54, 1.807) is 0 Å². The smallest absolute Gasteiger partial charge is 0.341 e. The minimum absolute atomic E-state index is 0.00685. The highest BCUT2D eigenvalue weighted by Gasteiger charge is 2.18. The summed E-state index contributed by atoms with van der Waals surface area (Å²) in [6.07, 6.45) is 0. The number of anilines is 1. The summed E-state index contributed by atoms with van der Waals surface area (Å²) in [5.41, 5.74) is -0.132. The van der Waals surface area contributed by atoms with Crippen molar-refractivity contribution in [1.29, 1.82) is 0 Å². The SMILES string of the molecule is COc1ccc(C(=O)OCC(=O)Nc2cccc(S(=O)(=O)N(C)C)c2)c(F)c1. The maximum absolute atomic E-state index is 13.8. The van der Waals surface area contributed by atoms with Crippen LogP contribution in [0, 0.1) is 5.82 Å². The van der Waals surface area contributed by atoms with Crippen LogP contribution < -0.4 is 10.1 Å². The van der Waals surface area contributed by atoms with Crippen LogP contribution in [0.3, 0.4) is 0 Å². The Kier molecular flexibility index (Phi) is 6.71. The average molecular weight is 410 g/mol. The monoisotopic (exact) mass is 410 g/mol. The number of halogens is 1. The molecule has 2 aromatic carbocycles. The number of benzene rings is 2. The number of ether oxygens (including phenoxy) is 2. The van der Waals surface area contributed by atoms with Crippen LogP contribution in [-0.2, 0) is 19.6 Å². The summed E-state index contributed by atoms with van der Waals surface area (Å²) in [5, 5.41) is 2.42. The summed E-state index contributed by atoms with van der Waals surface area (Å²) in [7, 11) is 0.469. The zero-order valence-electron chi connectivity index (χ0n) is 15.4. The van der Waals surface area contributed by atoms with Crippen LogP contribution in [0.1, 0.15) is 10.4 Å². The highest BCUT2D eigenvalue weighted by molar-refractivity contribution is 7.89. The lowest BCUT2D eigenvalue weighted by molar-refractivity contribution is -0.119. The van der Waals surface area contributed by atoms with Gasteiger partial charge in [-0.25, -0.2) is 21.9 Å². The molecule has 0 aliphatic heterocycles. The molecule has 0 aliphatic rings. The van der Waals surface area contributed by atoms with Gasteiger partial charge in [-0.2, -0.15) is 0 Å². The quantitative estimate of drug-likeness (QED) is 0.700. The van der Waals surface area contributed by atoms with E-state index in [0.29, 0.717) is 0 Å². The summed E-state index contributed by atoms with van der Waals surface area (Å²) in [6, 6.07) is 9.20. The Morgan fingerprint density at radius 3 is 2.46 bits per heavy atom. The summed E-state index contributed by atoms with van der Waals surface area (Å²) >= 11 is 0. The number of nitrogens with one attached hydrogen (secondary N) is 1. The molecule has 1 amide bonds. The van der Waals surface area contributed by atoms with Gasteiger partial charge in [-0.15, -0.1) is 0 Å². The first-order chi connectivity index (χ1) is 13.1. The van der Waals surface area contributed by atoms with E-state index in [4.69, 9.17) is 9.47 Å². The minimum Gasteiger partial charge on any atom is -0.497 e. The van der Waals surface area contributed by atoms with Crippen molar-refractivity contribution in [3.05, 3.63) is 53.8 Å². The Bertz CT molecular complexity index is 991. The van der Waals surface area contributed by atoms with Gasteiger partial charge in [-0.3, -0.25) is 4.79 Å². The van der Waals surface area contributed by atoms with Gasteiger partial charge in [-0.05, 0) is 30.3 Å². The van der Waals surface area contributed by atoms with Gasteiger partial charge >= 0.3 is 5.97 Å². The van der Waals surface area contributed by atoms with E-state index in [1.807, 2.05) is 0 Å². The van der Waals surface area contributed by atoms with Crippen molar-refractivity contribution < 1.29 is 31.9 Å². The van der Waals surface area contributed by atoms with Crippen LogP contribution in [0.25, 0.3) is 0 Å². The number of carbonyl (C=O) groups excluding carboxylic acids is 2. The second kappa shape index (κ2) is 8.81. The Balaban J connectivity index is 2.00. The van der Waals surface area contributed by atoms with E-state index in [2.05, 4.69) is 5.32 Å². The second-order valence-corrected chi connectivity index (χ2v) is 7.94. The molecule has 0 bridgehead atoms. The molecule has 8 nitrogen and oxygen atoms in total. The molecule has 0 unspecified atom stereocenters. The topological polar surface area (TPSA) is 102 Å². The van der Waals surface area contributed by atoms with Gasteiger partial charge in [0.25, 0.3) is 5.91 Å². The van der Waals surface area contributed by atoms with Gasteiger partial charge in [0, 0.05) is 25.8 Å². The molecule has 0 heterocycles. The lowest BCUT2D eigenvalue weighted by atomic mass is 10.2. The number of hydrogen-bond donors (Lipinski definition) is 1. The molecule has 0 radical (unpaired) electrons. The van der Waals surface area contributed by atoms with Crippen LogP contribution in [0.4, 0.5) is 10.1 Å². The van der Waals surface area contributed by atoms with Gasteiger partial charge < -0.3 is 14.8 Å². The first kappa shape index (κ1) is 21.3. The van der Waals surface area contributed by atoms with Crippen molar-refractivity contribution >= 4 is 27.6 Å². The third kappa shape index (κ3) is 5.05. The van der Waals surface area contributed by atoms with E-state index < -0.39 is 34.3 Å². The normalized spacial score (nSPS) is 11.2. The predicted octanol–water partition coefficient (Wildman–Crippen LogP) is 1.88. The molecule has 2 rings (SSSR count). The third-order valence-corrected chi connectivity index (χ3v) is 5.44. The number of methoxy groups -OCH3 is 1. The fourth-order valence-corrected chi connectivity index (χ4v) is 3.09. The summed E-state index contributed by atoms with van der Waals surface area (Å²) in [6.45, 7) is -0.672. The van der Waals surface area contributed by atoms with Gasteiger partial charge in [0.15, 0.2) is 6.61 Å². The molecular formula is C18H19FN2O6S. The van der Waals surface area contributed by atoms with E-state index in [9.17, 15) is 22.4 Å². The highest BCUT2D eigenvalue weighted by Crippen LogP contribution is 2.19. The molecule has 0 spiro atoms. The summed E-state index contributed by atoms with van der Waals surface area (Å²) in [5.74, 6) is -2.33. The molecule has 10 heteroatoms. The molecule has 28 heavy (non-hydrogen) atoms. The largest absolute Gasteiger partial charge is 0.497 e. The minimum atomic E-state index is -3.66. The van der Waals surface area contributed by atoms with E-state index in [-0.39, 0.29) is 21.9 Å². The maximum atomic E-state index is 13.8. The van der Waals surface area contributed by atoms with E-state index >= 15 is 0 Å². The highest BCUT2D eigenvalue weighted by atomic mass is 32.2. The standard InChI is InChI=1S/C18H19FN2O6S/c1-21(2)28(24,25)14-6-4-5-12(9-14)20-17(22)11-27-18(23)15-8-7-13(26-3)10-16(15)19/h4-10H,11H2,1-3H3,(H,20,22). The average Bonchev–Trinajstić information content (AvgIpc) is 2.66. The predicted molar refractivity (Wildman–Crippen MR) is 99.2 cm³/mol. The van der Waals surface area contributed by atoms with Gasteiger partial charge in [0.1, 0.15) is 11.6 Å². The zero-order valence-corrected chi connectivity index (χ0v) is 16.2. The van der Waals surface area contributed by atoms with Crippen molar-refractivity contribution in [3.63, 3.8) is 0 Å². The molecule has 0 aromatic heterocycles. The van der Waals surface area contributed by atoms with Gasteiger partial charge in [0.05, 0.1) is 17.6 Å². The van der Waals surface area contributed by atoms with Crippen LogP contribution in [-0.4, -0.2) is 52.4 Å². The van der Waals surface area contributed by atoms with Crippen LogP contribution in [0.5, 0.6) is 5.75 Å². The number of carbonyl (C=O) groups is 2. The summed E-state index contributed by atoms with van der Waals surface area (Å²) < 4.78 is 48.8. The molecule has 0 fully saturated rings. The fourth-order valence-electron chi connectivity index (χ4n) is 2.14. The van der Waals surface area contributed by atoms with Crippen LogP contribution >= 0.6 is 0 Å². The Morgan fingerprint density at radius 2 is 1.86 bits per heavy atom. The number of nitrogens with zero attached hydrogens (tertiary/aromatic N) is 1. The van der Waals surface area contributed by atoms with E-state index in [0.717, 1.165) is 10.4 Å². The molecular weight excluding hydrogens is 391 g/mol. The Morgan fingerprint density at radius 1 is 1.14 bits per heavy atom. The fraction of sp³-hybridized carbons (Fsp3) is 0.222. The molecule has 0 saturated carbocycles. The van der Waals surface area contributed by atoms with Gasteiger partial charge in [-0.1, -0.05) is 6.07 Å². The molecule has 0 saturated heterocycles. The van der Waals surface area contributed by atoms with Crippen molar-refractivity contribution in [1.82, 2.24) is 4.31 Å². The number of amides is 1. The van der Waals surface area contributed by atoms with Crippen molar-refractivity contribution in [2.75, 3.05) is 33.1 Å². The number of hydrogen-bond acceptors (Lipinski definition) is 6. The number of sulfonamides is 1.